The summed E-state index contributed by atoms with van der Waals surface area (Å²) in [7, 11) is 0. The first-order valence-corrected chi connectivity index (χ1v) is 11.8. The van der Waals surface area contributed by atoms with Crippen LogP contribution in [0.1, 0.15) is 38.7 Å². The maximum Gasteiger partial charge on any atom is 0.333 e. The van der Waals surface area contributed by atoms with Gasteiger partial charge in [-0.25, -0.2) is 14.3 Å². The molecule has 0 radical (unpaired) electrons. The second-order valence-corrected chi connectivity index (χ2v) is 9.27. The van der Waals surface area contributed by atoms with Crippen LogP contribution in [-0.2, 0) is 29.2 Å². The Bertz CT molecular complexity index is 1370. The minimum atomic E-state index is -0.667. The number of allylic oxidation sites excluding steroid dienone is 2. The molecule has 2 amide bonds. The minimum absolute atomic E-state index is 0.156. The molecule has 0 fully saturated rings. The predicted molar refractivity (Wildman–Crippen MR) is 131 cm³/mol. The fourth-order valence-corrected chi connectivity index (χ4v) is 4.30. The van der Waals surface area contributed by atoms with Crippen molar-refractivity contribution < 1.29 is 9.59 Å². The molecule has 0 spiro atoms. The van der Waals surface area contributed by atoms with Crippen LogP contribution in [0.4, 0.5) is 0 Å². The summed E-state index contributed by atoms with van der Waals surface area (Å²) >= 11 is 0. The van der Waals surface area contributed by atoms with E-state index in [0.29, 0.717) is 6.54 Å². The van der Waals surface area contributed by atoms with Crippen molar-refractivity contribution in [2.75, 3.05) is 0 Å². The van der Waals surface area contributed by atoms with Gasteiger partial charge in [-0.1, -0.05) is 56.3 Å². The lowest BCUT2D eigenvalue weighted by Crippen LogP contribution is -2.48. The second kappa shape index (κ2) is 10.5. The van der Waals surface area contributed by atoms with Crippen LogP contribution in [0.2, 0.25) is 0 Å². The number of fused-ring (bicyclic) bond motifs is 1. The van der Waals surface area contributed by atoms with Crippen LogP contribution in [0.15, 0.2) is 58.4 Å². The van der Waals surface area contributed by atoms with Gasteiger partial charge in [-0.15, -0.1) is 0 Å². The van der Waals surface area contributed by atoms with E-state index in [0.717, 1.165) is 23.0 Å². The Hall–Kier alpha value is -3.95. The van der Waals surface area contributed by atoms with E-state index in [1.807, 2.05) is 56.3 Å². The van der Waals surface area contributed by atoms with Crippen molar-refractivity contribution >= 4 is 23.0 Å². The van der Waals surface area contributed by atoms with Crippen LogP contribution in [-0.4, -0.2) is 30.5 Å². The fraction of sp³-hybridized carbons (Fsp3) is 0.400. The molecule has 1 atom stereocenters. The van der Waals surface area contributed by atoms with E-state index in [4.69, 9.17) is 0 Å². The SMILES string of the molecule is CC(C)Cn1cnc2c1c(=O)n(CC(=O)NNC(=O)C[C@H]1C=CCC1)c(=O)n2Cc1ccccc1. The van der Waals surface area contributed by atoms with Crippen LogP contribution in [0, 0.1) is 11.8 Å². The Morgan fingerprint density at radius 2 is 1.83 bits per heavy atom. The standard InChI is InChI=1S/C25H30N6O4/c1-17(2)13-29-16-26-23-22(29)24(34)31(25(35)30(23)14-19-10-4-3-5-11-19)15-21(33)28-27-20(32)12-18-8-6-7-9-18/h3-6,8,10-11,16-18H,7,9,12-15H2,1-2H3,(H,27,32)(H,28,33)/t18-/m0/s1. The number of nitrogens with zero attached hydrogens (tertiary/aromatic N) is 4. The normalized spacial score (nSPS) is 15.1. The number of carbonyl (C=O) groups excluding carboxylic acids is 2. The number of amides is 2. The van der Waals surface area contributed by atoms with Crippen molar-refractivity contribution in [3.8, 4) is 0 Å². The molecule has 10 nitrogen and oxygen atoms in total. The van der Waals surface area contributed by atoms with Gasteiger partial charge in [-0.05, 0) is 30.2 Å². The Morgan fingerprint density at radius 3 is 2.51 bits per heavy atom. The molecule has 3 aromatic rings. The number of imidazole rings is 1. The maximum absolute atomic E-state index is 13.3. The Labute approximate surface area is 202 Å². The summed E-state index contributed by atoms with van der Waals surface area (Å²) < 4.78 is 4.01. The zero-order chi connectivity index (χ0) is 24.9. The summed E-state index contributed by atoms with van der Waals surface area (Å²) in [5, 5.41) is 0. The quantitative estimate of drug-likeness (QED) is 0.376. The third-order valence-electron chi connectivity index (χ3n) is 5.93. The van der Waals surface area contributed by atoms with Gasteiger partial charge in [0.1, 0.15) is 6.54 Å². The number of carbonyl (C=O) groups is 2. The molecule has 1 aliphatic carbocycles. The topological polar surface area (TPSA) is 120 Å². The molecule has 184 valence electrons. The number of hydrogen-bond acceptors (Lipinski definition) is 5. The molecule has 0 bridgehead atoms. The summed E-state index contributed by atoms with van der Waals surface area (Å²) in [5.41, 5.74) is 4.87. The van der Waals surface area contributed by atoms with E-state index in [2.05, 4.69) is 15.8 Å². The summed E-state index contributed by atoms with van der Waals surface area (Å²) in [6.45, 7) is 4.23. The van der Waals surface area contributed by atoms with E-state index in [1.54, 1.807) is 10.9 Å². The Balaban J connectivity index is 1.62. The van der Waals surface area contributed by atoms with Gasteiger partial charge in [0.15, 0.2) is 11.2 Å². The van der Waals surface area contributed by atoms with Crippen molar-refractivity contribution in [3.05, 3.63) is 75.2 Å². The number of nitrogens with one attached hydrogen (secondary N) is 2. The van der Waals surface area contributed by atoms with Crippen LogP contribution < -0.4 is 22.1 Å². The van der Waals surface area contributed by atoms with E-state index >= 15 is 0 Å². The second-order valence-electron chi connectivity index (χ2n) is 9.27. The molecular formula is C25H30N6O4. The first-order chi connectivity index (χ1) is 16.8. The molecule has 2 aromatic heterocycles. The molecule has 35 heavy (non-hydrogen) atoms. The van der Waals surface area contributed by atoms with Crippen molar-refractivity contribution in [3.63, 3.8) is 0 Å². The largest absolute Gasteiger partial charge is 0.333 e. The highest BCUT2D eigenvalue weighted by Crippen LogP contribution is 2.19. The first-order valence-electron chi connectivity index (χ1n) is 11.8. The van der Waals surface area contributed by atoms with E-state index in [9.17, 15) is 19.2 Å². The van der Waals surface area contributed by atoms with Gasteiger partial charge in [0.25, 0.3) is 11.5 Å². The highest BCUT2D eigenvalue weighted by atomic mass is 16.2. The molecule has 0 unspecified atom stereocenters. The highest BCUT2D eigenvalue weighted by Gasteiger charge is 2.21. The molecule has 0 aliphatic heterocycles. The molecule has 2 N–H and O–H groups in total. The average Bonchev–Trinajstić information content (AvgIpc) is 3.48. The van der Waals surface area contributed by atoms with Crippen LogP contribution in [0.3, 0.4) is 0 Å². The summed E-state index contributed by atoms with van der Waals surface area (Å²) in [6, 6.07) is 9.36. The number of rotatable bonds is 8. The van der Waals surface area contributed by atoms with Crippen molar-refractivity contribution in [2.24, 2.45) is 11.8 Å². The number of benzene rings is 1. The molecule has 2 heterocycles. The number of hydrazine groups is 1. The molecule has 0 saturated carbocycles. The lowest BCUT2D eigenvalue weighted by Gasteiger charge is -2.14. The van der Waals surface area contributed by atoms with Gasteiger partial charge in [-0.3, -0.25) is 29.8 Å². The van der Waals surface area contributed by atoms with Crippen molar-refractivity contribution in [1.82, 2.24) is 29.5 Å². The molecule has 1 aliphatic rings. The number of hydrogen-bond donors (Lipinski definition) is 2. The molecule has 10 heteroatoms. The highest BCUT2D eigenvalue weighted by molar-refractivity contribution is 5.82. The molecular weight excluding hydrogens is 448 g/mol. The van der Waals surface area contributed by atoms with E-state index < -0.39 is 23.7 Å². The summed E-state index contributed by atoms with van der Waals surface area (Å²) in [4.78, 5) is 55.8. The Morgan fingerprint density at radius 1 is 1.09 bits per heavy atom. The first kappa shape index (κ1) is 24.2. The number of aromatic nitrogens is 4. The zero-order valence-electron chi connectivity index (χ0n) is 19.9. The minimum Gasteiger partial charge on any atom is -0.324 e. The molecule has 0 saturated heterocycles. The predicted octanol–water partition coefficient (Wildman–Crippen LogP) is 1.57. The van der Waals surface area contributed by atoms with Crippen LogP contribution in [0.25, 0.3) is 11.2 Å². The van der Waals surface area contributed by atoms with E-state index in [-0.39, 0.29) is 41.9 Å². The third kappa shape index (κ3) is 5.59. The lowest BCUT2D eigenvalue weighted by molar-refractivity contribution is -0.129. The Kier molecular flexibility index (Phi) is 7.28. The molecule has 1 aromatic carbocycles. The van der Waals surface area contributed by atoms with Gasteiger partial charge in [0.05, 0.1) is 12.9 Å². The van der Waals surface area contributed by atoms with Crippen molar-refractivity contribution in [2.45, 2.75) is 52.7 Å². The van der Waals surface area contributed by atoms with Crippen LogP contribution in [0.5, 0.6) is 0 Å². The van der Waals surface area contributed by atoms with Gasteiger partial charge in [-0.2, -0.15) is 0 Å². The van der Waals surface area contributed by atoms with Gasteiger partial charge < -0.3 is 4.57 Å². The zero-order valence-corrected chi connectivity index (χ0v) is 19.9. The third-order valence-corrected chi connectivity index (χ3v) is 5.93. The fourth-order valence-electron chi connectivity index (χ4n) is 4.30. The summed E-state index contributed by atoms with van der Waals surface area (Å²) in [5.74, 6) is -0.597. The maximum atomic E-state index is 13.3. The smallest absolute Gasteiger partial charge is 0.324 e. The van der Waals surface area contributed by atoms with E-state index in [1.165, 1.54) is 4.57 Å². The average molecular weight is 479 g/mol. The monoisotopic (exact) mass is 478 g/mol. The van der Waals surface area contributed by atoms with Crippen LogP contribution >= 0.6 is 0 Å². The van der Waals surface area contributed by atoms with Gasteiger partial charge in [0.2, 0.25) is 5.91 Å². The summed E-state index contributed by atoms with van der Waals surface area (Å²) in [6.07, 6.45) is 7.69. The van der Waals surface area contributed by atoms with Gasteiger partial charge in [0, 0.05) is 13.0 Å². The van der Waals surface area contributed by atoms with Crippen molar-refractivity contribution in [1.29, 1.82) is 0 Å². The molecule has 4 rings (SSSR count). The lowest BCUT2D eigenvalue weighted by atomic mass is 10.1. The van der Waals surface area contributed by atoms with Gasteiger partial charge >= 0.3 is 5.69 Å².